The van der Waals surface area contributed by atoms with Crippen LogP contribution in [0.3, 0.4) is 0 Å². The highest BCUT2D eigenvalue weighted by Gasteiger charge is 2.53. The SMILES string of the molecule is CCCC(CCCCCCCC(O)CC(=O)O)OC1OC(COC2OC(C)C(OC3OC(C)C(O)C(O)C3O)C(O)C2O)C(O)C(O)C1OC1OC(C)C(O)C(O)C1O. The molecule has 4 aliphatic heterocycles. The highest BCUT2D eigenvalue weighted by molar-refractivity contribution is 5.67. The molecule has 21 heteroatoms. The number of rotatable bonds is 21. The van der Waals surface area contributed by atoms with Crippen molar-refractivity contribution in [3.63, 3.8) is 0 Å². The maximum absolute atomic E-state index is 11.5. The summed E-state index contributed by atoms with van der Waals surface area (Å²) in [5.41, 5.74) is 0. The van der Waals surface area contributed by atoms with E-state index in [-0.39, 0.29) is 6.42 Å². The Labute approximate surface area is 343 Å². The van der Waals surface area contributed by atoms with Crippen molar-refractivity contribution in [1.29, 1.82) is 0 Å². The number of carboxylic acid groups (broad SMARTS) is 1. The van der Waals surface area contributed by atoms with Crippen molar-refractivity contribution in [2.75, 3.05) is 6.61 Å². The first kappa shape index (κ1) is 50.4. The van der Waals surface area contributed by atoms with E-state index in [1.165, 1.54) is 20.8 Å². The summed E-state index contributed by atoms with van der Waals surface area (Å²) in [6.45, 7) is 5.82. The van der Waals surface area contributed by atoms with Gasteiger partial charge in [0.2, 0.25) is 0 Å². The van der Waals surface area contributed by atoms with Gasteiger partial charge in [-0.2, -0.15) is 0 Å². The standard InChI is InChI=1S/C38H68O21/c1-5-11-20(13-10-8-6-7-9-12-19(39)14-22(40)41)56-38-34(59-37-31(50)27(46)24(43)17(3)54-37)28(47)25(44)21(57-38)15-52-35-32(51)29(48)33(18(4)55-35)58-36-30(49)26(45)23(42)16(2)53-36/h16-21,23-39,42-51H,5-15H2,1-4H3,(H,40,41). The molecule has 4 fully saturated rings. The first-order chi connectivity index (χ1) is 27.9. The molecule has 59 heavy (non-hydrogen) atoms. The molecule has 22 unspecified atom stereocenters. The Balaban J connectivity index is 1.40. The van der Waals surface area contributed by atoms with Crippen LogP contribution < -0.4 is 0 Å². The molecule has 4 rings (SSSR count). The Morgan fingerprint density at radius 3 is 1.59 bits per heavy atom. The van der Waals surface area contributed by atoms with E-state index in [0.717, 1.165) is 25.7 Å². The third-order valence-corrected chi connectivity index (χ3v) is 11.5. The molecule has 0 aromatic carbocycles. The maximum atomic E-state index is 11.5. The Morgan fingerprint density at radius 1 is 0.542 bits per heavy atom. The third-order valence-electron chi connectivity index (χ3n) is 11.5. The molecule has 22 atom stereocenters. The van der Waals surface area contributed by atoms with Gasteiger partial charge in [0.1, 0.15) is 79.4 Å². The molecule has 0 aromatic heterocycles. The molecule has 0 bridgehead atoms. The molecule has 12 N–H and O–H groups in total. The average molecular weight is 861 g/mol. The second kappa shape index (κ2) is 23.4. The van der Waals surface area contributed by atoms with Crippen molar-refractivity contribution in [3.8, 4) is 0 Å². The van der Waals surface area contributed by atoms with Crippen LogP contribution in [0.1, 0.15) is 91.9 Å². The highest BCUT2D eigenvalue weighted by atomic mass is 16.8. The number of ether oxygens (including phenoxy) is 8. The van der Waals surface area contributed by atoms with Gasteiger partial charge in [-0.15, -0.1) is 0 Å². The Hall–Kier alpha value is -1.29. The first-order valence-corrected chi connectivity index (χ1v) is 20.8. The fourth-order valence-corrected chi connectivity index (χ4v) is 7.76. The van der Waals surface area contributed by atoms with Gasteiger partial charge in [-0.3, -0.25) is 4.79 Å². The number of aliphatic hydroxyl groups is 11. The average Bonchev–Trinajstić information content (AvgIpc) is 3.18. The topological polar surface area (TPSA) is 334 Å². The van der Waals surface area contributed by atoms with Crippen molar-refractivity contribution in [2.45, 2.75) is 227 Å². The van der Waals surface area contributed by atoms with Crippen molar-refractivity contribution in [3.05, 3.63) is 0 Å². The smallest absolute Gasteiger partial charge is 0.305 e. The van der Waals surface area contributed by atoms with E-state index >= 15 is 0 Å². The van der Waals surface area contributed by atoms with Crippen LogP contribution in [-0.2, 0) is 42.7 Å². The number of carboxylic acids is 1. The number of aliphatic hydroxyl groups excluding tert-OH is 11. The molecule has 0 spiro atoms. The number of carbonyl (C=O) groups is 1. The van der Waals surface area contributed by atoms with E-state index in [1.807, 2.05) is 6.92 Å². The predicted molar refractivity (Wildman–Crippen MR) is 198 cm³/mol. The number of hydrogen-bond donors (Lipinski definition) is 12. The molecule has 346 valence electrons. The van der Waals surface area contributed by atoms with E-state index in [0.29, 0.717) is 32.1 Å². The molecule has 0 aliphatic carbocycles. The minimum absolute atomic E-state index is 0.298. The molecule has 21 nitrogen and oxygen atoms in total. The molecule has 0 aromatic rings. The summed E-state index contributed by atoms with van der Waals surface area (Å²) in [4.78, 5) is 10.8. The molecule has 0 radical (unpaired) electrons. The summed E-state index contributed by atoms with van der Waals surface area (Å²) in [6.07, 6.45) is -25.1. The monoisotopic (exact) mass is 860 g/mol. The summed E-state index contributed by atoms with van der Waals surface area (Å²) in [6, 6.07) is 0. The summed E-state index contributed by atoms with van der Waals surface area (Å²) >= 11 is 0. The van der Waals surface area contributed by atoms with Crippen LogP contribution in [-0.4, -0.2) is 209 Å². The summed E-state index contributed by atoms with van der Waals surface area (Å²) < 4.78 is 46.8. The van der Waals surface area contributed by atoms with Gasteiger partial charge in [-0.05, 0) is 40.0 Å². The molecule has 4 heterocycles. The second-order valence-corrected chi connectivity index (χ2v) is 16.3. The zero-order valence-corrected chi connectivity index (χ0v) is 34.0. The van der Waals surface area contributed by atoms with E-state index in [1.54, 1.807) is 0 Å². The lowest BCUT2D eigenvalue weighted by Gasteiger charge is -2.47. The van der Waals surface area contributed by atoms with Gasteiger partial charge < -0.3 is 99.2 Å². The number of aliphatic carboxylic acids is 1. The van der Waals surface area contributed by atoms with E-state index in [4.69, 9.17) is 43.0 Å². The Kier molecular flexibility index (Phi) is 20.0. The Morgan fingerprint density at radius 2 is 1.03 bits per heavy atom. The summed E-state index contributed by atoms with van der Waals surface area (Å²) in [5.74, 6) is -1.05. The van der Waals surface area contributed by atoms with Crippen LogP contribution in [0, 0.1) is 0 Å². The van der Waals surface area contributed by atoms with Crippen LogP contribution >= 0.6 is 0 Å². The van der Waals surface area contributed by atoms with Crippen molar-refractivity contribution < 1.29 is 104 Å². The van der Waals surface area contributed by atoms with E-state index < -0.39 is 148 Å². The van der Waals surface area contributed by atoms with Gasteiger partial charge >= 0.3 is 5.97 Å². The zero-order valence-electron chi connectivity index (χ0n) is 34.0. The van der Waals surface area contributed by atoms with Gasteiger partial charge in [0.05, 0.1) is 43.5 Å². The molecule has 0 amide bonds. The van der Waals surface area contributed by atoms with Crippen molar-refractivity contribution in [1.82, 2.24) is 0 Å². The zero-order chi connectivity index (χ0) is 43.7. The molecule has 0 saturated carbocycles. The molecule has 4 aliphatic rings. The quantitative estimate of drug-likeness (QED) is 0.0515. The van der Waals surface area contributed by atoms with Gasteiger partial charge in [0.25, 0.3) is 0 Å². The van der Waals surface area contributed by atoms with Gasteiger partial charge in [0, 0.05) is 0 Å². The largest absolute Gasteiger partial charge is 0.481 e. The predicted octanol–water partition coefficient (Wildman–Crippen LogP) is -2.91. The van der Waals surface area contributed by atoms with Crippen LogP contribution in [0.2, 0.25) is 0 Å². The maximum Gasteiger partial charge on any atom is 0.305 e. The van der Waals surface area contributed by atoms with Crippen molar-refractivity contribution in [2.24, 2.45) is 0 Å². The fourth-order valence-electron chi connectivity index (χ4n) is 7.76. The van der Waals surface area contributed by atoms with Gasteiger partial charge in [-0.25, -0.2) is 0 Å². The minimum Gasteiger partial charge on any atom is -0.481 e. The van der Waals surface area contributed by atoms with Crippen LogP contribution in [0.4, 0.5) is 0 Å². The van der Waals surface area contributed by atoms with Gasteiger partial charge in [0.15, 0.2) is 25.2 Å². The van der Waals surface area contributed by atoms with Crippen LogP contribution in [0.15, 0.2) is 0 Å². The van der Waals surface area contributed by atoms with Crippen LogP contribution in [0.25, 0.3) is 0 Å². The minimum atomic E-state index is -1.76. The number of hydrogen-bond acceptors (Lipinski definition) is 20. The third kappa shape index (κ3) is 13.4. The van der Waals surface area contributed by atoms with Crippen LogP contribution in [0.5, 0.6) is 0 Å². The molecular formula is C38H68O21. The number of unbranched alkanes of at least 4 members (excludes halogenated alkanes) is 4. The molecular weight excluding hydrogens is 792 g/mol. The van der Waals surface area contributed by atoms with Crippen molar-refractivity contribution >= 4 is 5.97 Å². The van der Waals surface area contributed by atoms with Gasteiger partial charge in [-0.1, -0.05) is 45.4 Å². The van der Waals surface area contributed by atoms with E-state index in [9.17, 15) is 61.0 Å². The summed E-state index contributed by atoms with van der Waals surface area (Å²) in [7, 11) is 0. The summed E-state index contributed by atoms with van der Waals surface area (Å²) in [5, 5.41) is 125. The van der Waals surface area contributed by atoms with E-state index in [2.05, 4.69) is 0 Å². The fraction of sp³-hybridized carbons (Fsp3) is 0.974. The first-order valence-electron chi connectivity index (χ1n) is 20.8. The lowest BCUT2D eigenvalue weighted by atomic mass is 9.97. The lowest BCUT2D eigenvalue weighted by molar-refractivity contribution is -0.377. The normalized spacial score (nSPS) is 44.3. The highest BCUT2D eigenvalue weighted by Crippen LogP contribution is 2.34. The Bertz CT molecular complexity index is 1240. The lowest BCUT2D eigenvalue weighted by Crippen LogP contribution is -2.65. The molecule has 4 saturated heterocycles. The second-order valence-electron chi connectivity index (χ2n) is 16.3.